The van der Waals surface area contributed by atoms with Gasteiger partial charge in [-0.2, -0.15) is 14.8 Å². The Morgan fingerprint density at radius 2 is 1.84 bits per heavy atom. The van der Waals surface area contributed by atoms with Crippen LogP contribution in [-0.2, 0) is 0 Å². The van der Waals surface area contributed by atoms with Gasteiger partial charge in [-0.1, -0.05) is 26.0 Å². The molecule has 32 heavy (non-hydrogen) atoms. The summed E-state index contributed by atoms with van der Waals surface area (Å²) in [6.45, 7) is 8.61. The smallest absolute Gasteiger partial charge is 0.291 e. The molecule has 3 aromatic rings. The largest absolute Gasteiger partial charge is 0.337 e. The maximum absolute atomic E-state index is 14.7. The van der Waals surface area contributed by atoms with Crippen molar-refractivity contribution in [1.29, 1.82) is 0 Å². The summed E-state index contributed by atoms with van der Waals surface area (Å²) >= 11 is 0. The van der Waals surface area contributed by atoms with Crippen LogP contribution in [0, 0.1) is 17.7 Å². The van der Waals surface area contributed by atoms with E-state index in [9.17, 15) is 4.39 Å². The number of fused-ring (bicyclic) bond motifs is 3. The Bertz CT molecular complexity index is 1100. The topological polar surface area (TPSA) is 72.0 Å². The first-order valence-corrected chi connectivity index (χ1v) is 12.1. The van der Waals surface area contributed by atoms with Crippen LogP contribution in [0.4, 0.5) is 4.39 Å². The Labute approximate surface area is 187 Å². The van der Waals surface area contributed by atoms with Crippen molar-refractivity contribution in [3.63, 3.8) is 0 Å². The van der Waals surface area contributed by atoms with Gasteiger partial charge in [0.2, 0.25) is 5.89 Å². The fourth-order valence-corrected chi connectivity index (χ4v) is 6.29. The van der Waals surface area contributed by atoms with E-state index in [-0.39, 0.29) is 17.7 Å². The third-order valence-electron chi connectivity index (χ3n) is 7.84. The van der Waals surface area contributed by atoms with Crippen molar-refractivity contribution in [2.75, 3.05) is 26.2 Å². The zero-order chi connectivity index (χ0) is 21.8. The highest BCUT2D eigenvalue weighted by Gasteiger charge is 2.43. The number of nitrogens with zero attached hydrogens (tertiary/aromatic N) is 5. The molecule has 4 heterocycles. The lowest BCUT2D eigenvalue weighted by Gasteiger charge is -2.42. The fourth-order valence-electron chi connectivity index (χ4n) is 6.29. The van der Waals surface area contributed by atoms with E-state index < -0.39 is 0 Å². The van der Waals surface area contributed by atoms with E-state index in [2.05, 4.69) is 39.3 Å². The standard InChI is InChI=1S/C24H31FN6O/c1-14(2)20-18-4-3-5-19(25)22(18)31(28-20)24-27-23(32-29-24)15-8-10-30(11-9-15)21-16-6-7-17(21)13-26-12-16/h3-5,14-17,21,26H,6-13H2,1-2H3. The van der Waals surface area contributed by atoms with E-state index in [4.69, 9.17) is 4.52 Å². The Balaban J connectivity index is 1.22. The molecule has 0 amide bonds. The van der Waals surface area contributed by atoms with Gasteiger partial charge in [-0.3, -0.25) is 4.90 Å². The second-order valence-corrected chi connectivity index (χ2v) is 10.1. The van der Waals surface area contributed by atoms with Crippen LogP contribution in [0.25, 0.3) is 16.9 Å². The average molecular weight is 439 g/mol. The van der Waals surface area contributed by atoms with E-state index >= 15 is 0 Å². The molecule has 6 rings (SSSR count). The highest BCUT2D eigenvalue weighted by molar-refractivity contribution is 5.84. The third kappa shape index (κ3) is 3.27. The fraction of sp³-hybridized carbons (Fsp3) is 0.625. The second kappa shape index (κ2) is 7.92. The van der Waals surface area contributed by atoms with E-state index in [1.54, 1.807) is 6.07 Å². The number of hydrogen-bond donors (Lipinski definition) is 1. The molecule has 1 aromatic carbocycles. The van der Waals surface area contributed by atoms with Gasteiger partial charge in [0.25, 0.3) is 5.95 Å². The minimum Gasteiger partial charge on any atom is -0.337 e. The van der Waals surface area contributed by atoms with Crippen LogP contribution in [-0.4, -0.2) is 57.0 Å². The number of hydrogen-bond acceptors (Lipinski definition) is 6. The number of nitrogens with one attached hydrogen (secondary N) is 1. The molecule has 0 radical (unpaired) electrons. The highest BCUT2D eigenvalue weighted by atomic mass is 19.1. The van der Waals surface area contributed by atoms with E-state index in [0.29, 0.717) is 17.4 Å². The number of para-hydroxylation sites is 1. The Hall–Kier alpha value is -2.32. The summed E-state index contributed by atoms with van der Waals surface area (Å²) in [7, 11) is 0. The van der Waals surface area contributed by atoms with Gasteiger partial charge in [0.05, 0.1) is 5.69 Å². The van der Waals surface area contributed by atoms with Crippen LogP contribution in [0.3, 0.4) is 0 Å². The summed E-state index contributed by atoms with van der Waals surface area (Å²) in [5.74, 6) is 2.68. The summed E-state index contributed by atoms with van der Waals surface area (Å²) in [5.41, 5.74) is 1.26. The molecule has 2 saturated heterocycles. The maximum Gasteiger partial charge on any atom is 0.291 e. The van der Waals surface area contributed by atoms with Gasteiger partial charge in [-0.05, 0) is 80.8 Å². The van der Waals surface area contributed by atoms with Crippen LogP contribution in [0.1, 0.15) is 63.0 Å². The molecule has 1 aliphatic carbocycles. The van der Waals surface area contributed by atoms with Gasteiger partial charge in [0.1, 0.15) is 11.3 Å². The summed E-state index contributed by atoms with van der Waals surface area (Å²) in [4.78, 5) is 7.39. The first kappa shape index (κ1) is 20.3. The molecule has 1 saturated carbocycles. The average Bonchev–Trinajstić information content (AvgIpc) is 3.49. The predicted octanol–water partition coefficient (Wildman–Crippen LogP) is 3.85. The number of halogens is 1. The van der Waals surface area contributed by atoms with E-state index in [0.717, 1.165) is 54.9 Å². The van der Waals surface area contributed by atoms with Gasteiger partial charge in [0.15, 0.2) is 0 Å². The van der Waals surface area contributed by atoms with Crippen molar-refractivity contribution in [2.45, 2.75) is 57.4 Å². The van der Waals surface area contributed by atoms with Crippen LogP contribution < -0.4 is 5.32 Å². The maximum atomic E-state index is 14.7. The van der Waals surface area contributed by atoms with Gasteiger partial charge in [-0.25, -0.2) is 4.39 Å². The van der Waals surface area contributed by atoms with Gasteiger partial charge in [-0.15, -0.1) is 0 Å². The summed E-state index contributed by atoms with van der Waals surface area (Å²) in [5, 5.41) is 13.2. The lowest BCUT2D eigenvalue weighted by Crippen LogP contribution is -2.53. The van der Waals surface area contributed by atoms with Gasteiger partial charge < -0.3 is 9.84 Å². The molecular formula is C24H31FN6O. The van der Waals surface area contributed by atoms with Crippen molar-refractivity contribution >= 4 is 10.9 Å². The van der Waals surface area contributed by atoms with Crippen LogP contribution in [0.5, 0.6) is 0 Å². The number of piperidine rings is 2. The van der Waals surface area contributed by atoms with E-state index in [1.165, 1.54) is 36.7 Å². The normalized spacial score (nSPS) is 27.1. The Morgan fingerprint density at radius 3 is 2.56 bits per heavy atom. The van der Waals surface area contributed by atoms with Crippen molar-refractivity contribution in [3.8, 4) is 5.95 Å². The minimum atomic E-state index is -0.321. The molecule has 2 unspecified atom stereocenters. The molecule has 7 nitrogen and oxygen atoms in total. The van der Waals surface area contributed by atoms with Gasteiger partial charge >= 0.3 is 0 Å². The number of benzene rings is 1. The molecule has 2 bridgehead atoms. The predicted molar refractivity (Wildman–Crippen MR) is 119 cm³/mol. The Kier molecular flexibility index (Phi) is 5.02. The summed E-state index contributed by atoms with van der Waals surface area (Å²) in [6.07, 6.45) is 4.77. The molecule has 0 spiro atoms. The minimum absolute atomic E-state index is 0.168. The lowest BCUT2D eigenvalue weighted by molar-refractivity contribution is 0.0748. The first-order valence-electron chi connectivity index (χ1n) is 12.1. The molecule has 2 aliphatic heterocycles. The first-order chi connectivity index (χ1) is 15.6. The van der Waals surface area contributed by atoms with Crippen molar-refractivity contribution in [2.24, 2.45) is 11.8 Å². The molecular weight excluding hydrogens is 407 g/mol. The van der Waals surface area contributed by atoms with Crippen molar-refractivity contribution in [1.82, 2.24) is 30.1 Å². The monoisotopic (exact) mass is 438 g/mol. The quantitative estimate of drug-likeness (QED) is 0.667. The molecule has 8 heteroatoms. The summed E-state index contributed by atoms with van der Waals surface area (Å²) < 4.78 is 21.9. The zero-order valence-corrected chi connectivity index (χ0v) is 18.8. The number of aromatic nitrogens is 4. The second-order valence-electron chi connectivity index (χ2n) is 10.1. The van der Waals surface area contributed by atoms with Crippen molar-refractivity contribution in [3.05, 3.63) is 35.6 Å². The molecule has 170 valence electrons. The van der Waals surface area contributed by atoms with Gasteiger partial charge in [0, 0.05) is 17.3 Å². The van der Waals surface area contributed by atoms with E-state index in [1.807, 2.05) is 6.07 Å². The molecule has 2 aromatic heterocycles. The molecule has 3 fully saturated rings. The SMILES string of the molecule is CC(C)c1nn(-c2noc(C3CCN(C4C5CCC4CNC5)CC3)n2)c2c(F)cccc12. The van der Waals surface area contributed by atoms with Crippen LogP contribution in [0.2, 0.25) is 0 Å². The number of likely N-dealkylation sites (tertiary alicyclic amines) is 1. The Morgan fingerprint density at radius 1 is 1.09 bits per heavy atom. The highest BCUT2D eigenvalue weighted by Crippen LogP contribution is 2.40. The number of rotatable bonds is 4. The zero-order valence-electron chi connectivity index (χ0n) is 18.8. The third-order valence-corrected chi connectivity index (χ3v) is 7.84. The lowest BCUT2D eigenvalue weighted by atomic mass is 9.88. The van der Waals surface area contributed by atoms with Crippen molar-refractivity contribution < 1.29 is 8.91 Å². The molecule has 1 N–H and O–H groups in total. The summed E-state index contributed by atoms with van der Waals surface area (Å²) in [6, 6.07) is 5.82. The molecule has 3 aliphatic rings. The van der Waals surface area contributed by atoms with Crippen LogP contribution >= 0.6 is 0 Å². The van der Waals surface area contributed by atoms with Crippen LogP contribution in [0.15, 0.2) is 22.7 Å². The molecule has 2 atom stereocenters.